The van der Waals surface area contributed by atoms with Crippen molar-refractivity contribution in [3.8, 4) is 11.8 Å². The summed E-state index contributed by atoms with van der Waals surface area (Å²) in [6, 6.07) is 8.58. The molecule has 0 aliphatic rings. The Balaban J connectivity index is 2.59. The van der Waals surface area contributed by atoms with Crippen LogP contribution in [0.4, 0.5) is 10.5 Å². The molecule has 1 aromatic carbocycles. The van der Waals surface area contributed by atoms with E-state index in [2.05, 4.69) is 10.6 Å². The fourth-order valence-corrected chi connectivity index (χ4v) is 1.32. The van der Waals surface area contributed by atoms with Crippen molar-refractivity contribution in [3.63, 3.8) is 0 Å². The lowest BCUT2D eigenvalue weighted by Crippen LogP contribution is -2.35. The minimum absolute atomic E-state index is 0.185. The highest BCUT2D eigenvalue weighted by Crippen LogP contribution is 2.22. The molecule has 5 heteroatoms. The highest BCUT2D eigenvalue weighted by atomic mass is 16.5. The van der Waals surface area contributed by atoms with Gasteiger partial charge < -0.3 is 15.4 Å². The molecule has 1 rings (SSSR count). The molecule has 1 aromatic rings. The first-order valence-electron chi connectivity index (χ1n) is 5.25. The van der Waals surface area contributed by atoms with Crippen LogP contribution in [0.5, 0.6) is 5.75 Å². The van der Waals surface area contributed by atoms with E-state index in [-0.39, 0.29) is 18.5 Å². The number of ether oxygens (including phenoxy) is 1. The van der Waals surface area contributed by atoms with Gasteiger partial charge in [0.2, 0.25) is 0 Å². The zero-order valence-electron chi connectivity index (χ0n) is 9.86. The monoisotopic (exact) mass is 233 g/mol. The number of urea groups is 1. The number of benzene rings is 1. The van der Waals surface area contributed by atoms with Gasteiger partial charge in [-0.1, -0.05) is 12.1 Å². The van der Waals surface area contributed by atoms with E-state index >= 15 is 0 Å². The second-order valence-electron chi connectivity index (χ2n) is 3.56. The van der Waals surface area contributed by atoms with Crippen LogP contribution in [-0.2, 0) is 0 Å². The van der Waals surface area contributed by atoms with Crippen LogP contribution in [0.1, 0.15) is 13.3 Å². The second kappa shape index (κ2) is 6.38. The Morgan fingerprint density at radius 2 is 2.24 bits per heavy atom. The van der Waals surface area contributed by atoms with Crippen molar-refractivity contribution >= 4 is 11.7 Å². The van der Waals surface area contributed by atoms with E-state index in [0.717, 1.165) is 0 Å². The summed E-state index contributed by atoms with van der Waals surface area (Å²) in [6.07, 6.45) is 0.277. The summed E-state index contributed by atoms with van der Waals surface area (Å²) in [5.74, 6) is 0.593. The number of nitriles is 1. The van der Waals surface area contributed by atoms with Crippen LogP contribution >= 0.6 is 0 Å². The first-order chi connectivity index (χ1) is 8.17. The molecule has 0 aromatic heterocycles. The number of hydrogen-bond donors (Lipinski definition) is 2. The van der Waals surface area contributed by atoms with Gasteiger partial charge in [-0.3, -0.25) is 0 Å². The molecule has 5 nitrogen and oxygen atoms in total. The van der Waals surface area contributed by atoms with E-state index in [1.807, 2.05) is 12.1 Å². The molecule has 0 heterocycles. The van der Waals surface area contributed by atoms with Gasteiger partial charge in [0.1, 0.15) is 5.75 Å². The summed E-state index contributed by atoms with van der Waals surface area (Å²) in [6.45, 7) is 1.77. The van der Waals surface area contributed by atoms with E-state index in [4.69, 9.17) is 10.00 Å². The van der Waals surface area contributed by atoms with Crippen LogP contribution < -0.4 is 15.4 Å². The Morgan fingerprint density at radius 3 is 2.88 bits per heavy atom. The number of nitrogens with one attached hydrogen (secondary N) is 2. The van der Waals surface area contributed by atoms with Gasteiger partial charge in [-0.15, -0.1) is 0 Å². The molecule has 17 heavy (non-hydrogen) atoms. The number of carbonyl (C=O) groups excluding carboxylic acids is 1. The molecular formula is C12H15N3O2. The minimum atomic E-state index is -0.350. The van der Waals surface area contributed by atoms with Crippen LogP contribution in [0.25, 0.3) is 0 Å². The van der Waals surface area contributed by atoms with Crippen molar-refractivity contribution in [1.82, 2.24) is 5.32 Å². The van der Waals surface area contributed by atoms with Gasteiger partial charge in [-0.25, -0.2) is 4.79 Å². The molecule has 0 spiro atoms. The highest BCUT2D eigenvalue weighted by Gasteiger charge is 2.09. The molecule has 1 unspecified atom stereocenters. The largest absolute Gasteiger partial charge is 0.495 e. The summed E-state index contributed by atoms with van der Waals surface area (Å²) in [4.78, 5) is 11.6. The third kappa shape index (κ3) is 4.03. The van der Waals surface area contributed by atoms with Gasteiger partial charge in [0.15, 0.2) is 0 Å². The normalized spacial score (nSPS) is 11.1. The number of anilines is 1. The first kappa shape index (κ1) is 12.8. The zero-order valence-corrected chi connectivity index (χ0v) is 9.86. The van der Waals surface area contributed by atoms with Gasteiger partial charge in [-0.05, 0) is 19.1 Å². The molecule has 0 radical (unpaired) electrons. The van der Waals surface area contributed by atoms with Crippen molar-refractivity contribution in [2.75, 3.05) is 12.4 Å². The fraction of sp³-hybridized carbons (Fsp3) is 0.333. The van der Waals surface area contributed by atoms with E-state index in [0.29, 0.717) is 11.4 Å². The second-order valence-corrected chi connectivity index (χ2v) is 3.56. The molecule has 0 saturated heterocycles. The number of hydrogen-bond acceptors (Lipinski definition) is 3. The van der Waals surface area contributed by atoms with Gasteiger partial charge in [0, 0.05) is 6.04 Å². The molecule has 2 amide bonds. The molecule has 0 fully saturated rings. The fourth-order valence-electron chi connectivity index (χ4n) is 1.32. The van der Waals surface area contributed by atoms with Gasteiger partial charge in [-0.2, -0.15) is 5.26 Å². The molecule has 1 atom stereocenters. The Kier molecular flexibility index (Phi) is 4.82. The number of methoxy groups -OCH3 is 1. The zero-order chi connectivity index (χ0) is 12.7. The molecule has 0 bridgehead atoms. The van der Waals surface area contributed by atoms with E-state index in [1.54, 1.807) is 25.1 Å². The van der Waals surface area contributed by atoms with Crippen molar-refractivity contribution < 1.29 is 9.53 Å². The number of rotatable bonds is 4. The predicted octanol–water partition coefficient (Wildman–Crippen LogP) is 2.12. The van der Waals surface area contributed by atoms with E-state index in [9.17, 15) is 4.79 Å². The predicted molar refractivity (Wildman–Crippen MR) is 64.8 cm³/mol. The van der Waals surface area contributed by atoms with Crippen LogP contribution in [0.3, 0.4) is 0 Å². The molecule has 0 aliphatic carbocycles. The van der Waals surface area contributed by atoms with E-state index < -0.39 is 0 Å². The van der Waals surface area contributed by atoms with Gasteiger partial charge >= 0.3 is 6.03 Å². The van der Waals surface area contributed by atoms with Crippen molar-refractivity contribution in [1.29, 1.82) is 5.26 Å². The van der Waals surface area contributed by atoms with Gasteiger partial charge in [0.05, 0.1) is 25.3 Å². The Labute approximate surface area is 100 Å². The SMILES string of the molecule is COc1ccccc1NC(=O)NC(C)CC#N. The maximum absolute atomic E-state index is 11.6. The number of carbonyl (C=O) groups is 1. The number of para-hydroxylation sites is 2. The standard InChI is InChI=1S/C12H15N3O2/c1-9(7-8-13)14-12(16)15-10-5-3-4-6-11(10)17-2/h3-6,9H,7H2,1-2H3,(H2,14,15,16). The molecule has 0 saturated carbocycles. The van der Waals surface area contributed by atoms with Crippen LogP contribution in [0.15, 0.2) is 24.3 Å². The topological polar surface area (TPSA) is 74.2 Å². The summed E-state index contributed by atoms with van der Waals surface area (Å²) in [7, 11) is 1.54. The highest BCUT2D eigenvalue weighted by molar-refractivity contribution is 5.91. The maximum Gasteiger partial charge on any atom is 0.319 e. The summed E-state index contributed by atoms with van der Waals surface area (Å²) >= 11 is 0. The average molecular weight is 233 g/mol. The summed E-state index contributed by atoms with van der Waals surface area (Å²) < 4.78 is 5.10. The number of nitrogens with zero attached hydrogens (tertiary/aromatic N) is 1. The lowest BCUT2D eigenvalue weighted by atomic mass is 10.2. The smallest absolute Gasteiger partial charge is 0.319 e. The van der Waals surface area contributed by atoms with Crippen LogP contribution in [0.2, 0.25) is 0 Å². The average Bonchev–Trinajstić information content (AvgIpc) is 2.29. The Bertz CT molecular complexity index is 426. The quantitative estimate of drug-likeness (QED) is 0.836. The third-order valence-corrected chi connectivity index (χ3v) is 2.13. The summed E-state index contributed by atoms with van der Waals surface area (Å²) in [5.41, 5.74) is 0.594. The first-order valence-corrected chi connectivity index (χ1v) is 5.25. The molecule has 2 N–H and O–H groups in total. The maximum atomic E-state index is 11.6. The van der Waals surface area contributed by atoms with Crippen LogP contribution in [-0.4, -0.2) is 19.2 Å². The van der Waals surface area contributed by atoms with Crippen molar-refractivity contribution in [3.05, 3.63) is 24.3 Å². The third-order valence-electron chi connectivity index (χ3n) is 2.13. The molecule has 90 valence electrons. The lowest BCUT2D eigenvalue weighted by Gasteiger charge is -2.13. The van der Waals surface area contributed by atoms with Crippen molar-refractivity contribution in [2.24, 2.45) is 0 Å². The number of amides is 2. The van der Waals surface area contributed by atoms with E-state index in [1.165, 1.54) is 7.11 Å². The molecular weight excluding hydrogens is 218 g/mol. The van der Waals surface area contributed by atoms with Crippen LogP contribution in [0, 0.1) is 11.3 Å². The minimum Gasteiger partial charge on any atom is -0.495 e. The Morgan fingerprint density at radius 1 is 1.53 bits per heavy atom. The molecule has 0 aliphatic heterocycles. The lowest BCUT2D eigenvalue weighted by molar-refractivity contribution is 0.249. The Hall–Kier alpha value is -2.22. The van der Waals surface area contributed by atoms with Crippen molar-refractivity contribution in [2.45, 2.75) is 19.4 Å². The van der Waals surface area contributed by atoms with Gasteiger partial charge in [0.25, 0.3) is 0 Å². The summed E-state index contributed by atoms with van der Waals surface area (Å²) in [5, 5.41) is 13.8.